The number of anilines is 1. The van der Waals surface area contributed by atoms with Crippen LogP contribution in [-0.4, -0.2) is 24.7 Å². The molecular weight excluding hydrogens is 388 g/mol. The molecular formula is C23H17ClN2O3. The largest absolute Gasteiger partial charge is 0.465 e. The highest BCUT2D eigenvalue weighted by Gasteiger charge is 2.34. The van der Waals surface area contributed by atoms with Gasteiger partial charge in [-0.05, 0) is 29.8 Å². The average molecular weight is 405 g/mol. The Balaban J connectivity index is 1.79. The van der Waals surface area contributed by atoms with Crippen molar-refractivity contribution in [2.24, 2.45) is 4.99 Å². The first-order valence-electron chi connectivity index (χ1n) is 9.01. The van der Waals surface area contributed by atoms with Crippen molar-refractivity contribution in [1.82, 2.24) is 0 Å². The SMILES string of the molecule is COC(=O)c1ccccc1N=C1C(=O)N(Cc2ccccc2Cl)c2ccccc21. The Bertz CT molecular complexity index is 1140. The third-order valence-electron chi connectivity index (χ3n) is 4.73. The highest BCUT2D eigenvalue weighted by molar-refractivity contribution is 6.54. The molecule has 0 bridgehead atoms. The van der Waals surface area contributed by atoms with Crippen LogP contribution in [-0.2, 0) is 16.1 Å². The number of hydrogen-bond donors (Lipinski definition) is 0. The molecule has 3 aromatic rings. The summed E-state index contributed by atoms with van der Waals surface area (Å²) in [5.41, 5.74) is 3.28. The summed E-state index contributed by atoms with van der Waals surface area (Å²) >= 11 is 6.30. The monoisotopic (exact) mass is 404 g/mol. The van der Waals surface area contributed by atoms with Crippen molar-refractivity contribution in [1.29, 1.82) is 0 Å². The Morgan fingerprint density at radius 2 is 1.69 bits per heavy atom. The van der Waals surface area contributed by atoms with Gasteiger partial charge in [-0.15, -0.1) is 0 Å². The third-order valence-corrected chi connectivity index (χ3v) is 5.09. The van der Waals surface area contributed by atoms with Gasteiger partial charge in [0.1, 0.15) is 5.71 Å². The van der Waals surface area contributed by atoms with Crippen LogP contribution in [0.3, 0.4) is 0 Å². The summed E-state index contributed by atoms with van der Waals surface area (Å²) in [6.07, 6.45) is 0. The van der Waals surface area contributed by atoms with Crippen molar-refractivity contribution in [3.63, 3.8) is 0 Å². The Labute approximate surface area is 173 Å². The summed E-state index contributed by atoms with van der Waals surface area (Å²) in [7, 11) is 1.31. The summed E-state index contributed by atoms with van der Waals surface area (Å²) in [6.45, 7) is 0.327. The fourth-order valence-corrected chi connectivity index (χ4v) is 3.49. The lowest BCUT2D eigenvalue weighted by Gasteiger charge is -2.17. The zero-order chi connectivity index (χ0) is 20.4. The van der Waals surface area contributed by atoms with E-state index in [9.17, 15) is 9.59 Å². The molecule has 0 aromatic heterocycles. The van der Waals surface area contributed by atoms with Crippen molar-refractivity contribution in [2.75, 3.05) is 12.0 Å². The van der Waals surface area contributed by atoms with Gasteiger partial charge >= 0.3 is 5.97 Å². The van der Waals surface area contributed by atoms with Crippen LogP contribution in [0.5, 0.6) is 0 Å². The molecule has 0 spiro atoms. The van der Waals surface area contributed by atoms with Crippen molar-refractivity contribution in [3.05, 3.63) is 94.5 Å². The molecule has 1 aliphatic heterocycles. The Morgan fingerprint density at radius 3 is 2.48 bits per heavy atom. The van der Waals surface area contributed by atoms with Crippen LogP contribution < -0.4 is 4.90 Å². The first kappa shape index (κ1) is 18.9. The Kier molecular flexibility index (Phi) is 5.14. The number of methoxy groups -OCH3 is 1. The molecule has 0 atom stereocenters. The fourth-order valence-electron chi connectivity index (χ4n) is 3.30. The van der Waals surface area contributed by atoms with Crippen molar-refractivity contribution >= 4 is 40.6 Å². The molecule has 1 amide bonds. The van der Waals surface area contributed by atoms with Gasteiger partial charge in [0.25, 0.3) is 5.91 Å². The van der Waals surface area contributed by atoms with E-state index in [2.05, 4.69) is 4.99 Å². The maximum absolute atomic E-state index is 13.3. The van der Waals surface area contributed by atoms with Gasteiger partial charge in [-0.1, -0.05) is 60.1 Å². The van der Waals surface area contributed by atoms with Crippen molar-refractivity contribution in [3.8, 4) is 0 Å². The molecule has 0 fully saturated rings. The number of nitrogens with zero attached hydrogens (tertiary/aromatic N) is 2. The maximum Gasteiger partial charge on any atom is 0.340 e. The quantitative estimate of drug-likeness (QED) is 0.587. The number of halogens is 1. The molecule has 1 heterocycles. The minimum atomic E-state index is -0.503. The van der Waals surface area contributed by atoms with Crippen molar-refractivity contribution in [2.45, 2.75) is 6.54 Å². The van der Waals surface area contributed by atoms with E-state index in [1.165, 1.54) is 7.11 Å². The van der Waals surface area contributed by atoms with E-state index in [0.29, 0.717) is 28.4 Å². The van der Waals surface area contributed by atoms with Gasteiger partial charge in [0.15, 0.2) is 0 Å². The Hall–Kier alpha value is -3.44. The minimum Gasteiger partial charge on any atom is -0.465 e. The zero-order valence-electron chi connectivity index (χ0n) is 15.6. The zero-order valence-corrected chi connectivity index (χ0v) is 16.4. The first-order valence-corrected chi connectivity index (χ1v) is 9.38. The van der Waals surface area contributed by atoms with Crippen LogP contribution >= 0.6 is 11.6 Å². The van der Waals surface area contributed by atoms with Gasteiger partial charge in [-0.3, -0.25) is 4.79 Å². The van der Waals surface area contributed by atoms with Gasteiger partial charge in [-0.2, -0.15) is 0 Å². The summed E-state index contributed by atoms with van der Waals surface area (Å²) in [5, 5.41) is 0.596. The number of aliphatic imine (C=N–C) groups is 1. The topological polar surface area (TPSA) is 59.0 Å². The van der Waals surface area contributed by atoms with Crippen LogP contribution in [0.15, 0.2) is 77.8 Å². The van der Waals surface area contributed by atoms with E-state index in [1.807, 2.05) is 42.5 Å². The second-order valence-electron chi connectivity index (χ2n) is 6.47. The van der Waals surface area contributed by atoms with Crippen LogP contribution in [0.1, 0.15) is 21.5 Å². The summed E-state index contributed by atoms with van der Waals surface area (Å²) in [5.74, 6) is -0.748. The lowest BCUT2D eigenvalue weighted by Crippen LogP contribution is -2.29. The maximum atomic E-state index is 13.3. The molecule has 0 unspecified atom stereocenters. The molecule has 3 aromatic carbocycles. The highest BCUT2D eigenvalue weighted by atomic mass is 35.5. The number of rotatable bonds is 4. The van der Waals surface area contributed by atoms with E-state index >= 15 is 0 Å². The van der Waals surface area contributed by atoms with Gasteiger partial charge < -0.3 is 9.64 Å². The predicted octanol–water partition coefficient (Wildman–Crippen LogP) is 4.79. The smallest absolute Gasteiger partial charge is 0.340 e. The summed E-state index contributed by atoms with van der Waals surface area (Å²) < 4.78 is 4.83. The summed E-state index contributed by atoms with van der Waals surface area (Å²) in [6, 6.07) is 21.7. The predicted molar refractivity (Wildman–Crippen MR) is 113 cm³/mol. The average Bonchev–Trinajstić information content (AvgIpc) is 3.01. The molecule has 0 N–H and O–H groups in total. The van der Waals surface area contributed by atoms with Gasteiger partial charge in [-0.25, -0.2) is 9.79 Å². The van der Waals surface area contributed by atoms with Crippen LogP contribution in [0.25, 0.3) is 0 Å². The van der Waals surface area contributed by atoms with Crippen LogP contribution in [0.4, 0.5) is 11.4 Å². The first-order chi connectivity index (χ1) is 14.1. The van der Waals surface area contributed by atoms with Crippen LogP contribution in [0, 0.1) is 0 Å². The third kappa shape index (κ3) is 3.52. The lowest BCUT2D eigenvalue weighted by molar-refractivity contribution is -0.112. The molecule has 0 saturated carbocycles. The number of ether oxygens (including phenoxy) is 1. The molecule has 144 valence electrons. The number of benzene rings is 3. The molecule has 1 aliphatic rings. The number of carbonyl (C=O) groups excluding carboxylic acids is 2. The van der Waals surface area contributed by atoms with E-state index in [-0.39, 0.29) is 11.6 Å². The molecule has 29 heavy (non-hydrogen) atoms. The number of para-hydroxylation sites is 2. The van der Waals surface area contributed by atoms with Gasteiger partial charge in [0.05, 0.1) is 30.6 Å². The van der Waals surface area contributed by atoms with Crippen molar-refractivity contribution < 1.29 is 14.3 Å². The lowest BCUT2D eigenvalue weighted by atomic mass is 10.1. The number of hydrogen-bond acceptors (Lipinski definition) is 4. The Morgan fingerprint density at radius 1 is 1.00 bits per heavy atom. The van der Waals surface area contributed by atoms with Crippen LogP contribution in [0.2, 0.25) is 5.02 Å². The second-order valence-corrected chi connectivity index (χ2v) is 6.88. The standard InChI is InChI=1S/C23H17ClN2O3/c1-29-23(28)16-9-3-6-12-19(16)25-21-17-10-4-7-13-20(17)26(22(21)27)14-15-8-2-5-11-18(15)24/h2-13H,14H2,1H3. The number of fused-ring (bicyclic) bond motifs is 1. The fraction of sp³-hybridized carbons (Fsp3) is 0.0870. The highest BCUT2D eigenvalue weighted by Crippen LogP contribution is 2.33. The second kappa shape index (κ2) is 7.89. The molecule has 0 aliphatic carbocycles. The normalized spacial score (nSPS) is 14.2. The van der Waals surface area contributed by atoms with E-state index in [0.717, 1.165) is 11.3 Å². The molecule has 0 saturated heterocycles. The number of carbonyl (C=O) groups is 2. The number of amides is 1. The molecule has 4 rings (SSSR count). The van der Waals surface area contributed by atoms with Gasteiger partial charge in [0, 0.05) is 10.6 Å². The number of esters is 1. The van der Waals surface area contributed by atoms with E-state index in [1.54, 1.807) is 35.2 Å². The van der Waals surface area contributed by atoms with Gasteiger partial charge in [0.2, 0.25) is 0 Å². The molecule has 5 nitrogen and oxygen atoms in total. The summed E-state index contributed by atoms with van der Waals surface area (Å²) in [4.78, 5) is 31.5. The van der Waals surface area contributed by atoms with E-state index < -0.39 is 5.97 Å². The van der Waals surface area contributed by atoms with E-state index in [4.69, 9.17) is 16.3 Å². The molecule has 6 heteroatoms. The minimum absolute atomic E-state index is 0.245. The molecule has 0 radical (unpaired) electrons.